The zero-order valence-corrected chi connectivity index (χ0v) is 35.1. The average Bonchev–Trinajstić information content (AvgIpc) is 3.21. The van der Waals surface area contributed by atoms with E-state index in [0.717, 1.165) is 44.0 Å². The largest absolute Gasteiger partial charge is 0.461 e. The second-order valence-corrected chi connectivity index (χ2v) is 16.7. The number of amides is 1. The molecule has 0 radical (unpaired) electrons. The van der Waals surface area contributed by atoms with Crippen LogP contribution in [-0.4, -0.2) is 106 Å². The number of esters is 1. The summed E-state index contributed by atoms with van der Waals surface area (Å²) in [4.78, 5) is 65.9. The number of rotatable bonds is 21. The van der Waals surface area contributed by atoms with Gasteiger partial charge in [-0.15, -0.1) is 0 Å². The molecule has 0 unspecified atom stereocenters. The Morgan fingerprint density at radius 3 is 2.37 bits per heavy atom. The SMILES string of the molecule is CO[C@@H](C[C@@H]1CC[C@@H](C)[C@](O)(C(=O)C(=O)N2CCCC[C@H]2C(=O)O[C@@H](C/C=C(\C)C=O)CCC2CCC(O)CC2)O1)/C(C)=C/C=C/C=C/[C@@H](C)C[C@@H](C)C(=O)CO. The van der Waals surface area contributed by atoms with Gasteiger partial charge in [0, 0.05) is 38.3 Å². The maximum absolute atomic E-state index is 14.0. The van der Waals surface area contributed by atoms with Crippen LogP contribution in [0.15, 0.2) is 47.6 Å². The number of carbonyl (C=O) groups is 5. The summed E-state index contributed by atoms with van der Waals surface area (Å²) >= 11 is 0. The number of likely N-dealkylation sites (tertiary alicyclic amines) is 1. The maximum atomic E-state index is 14.0. The van der Waals surface area contributed by atoms with E-state index in [1.807, 2.05) is 51.2 Å². The van der Waals surface area contributed by atoms with Gasteiger partial charge in [-0.3, -0.25) is 19.2 Å². The van der Waals surface area contributed by atoms with Crippen LogP contribution < -0.4 is 0 Å². The zero-order chi connectivity index (χ0) is 42.1. The van der Waals surface area contributed by atoms with Gasteiger partial charge in [-0.25, -0.2) is 4.79 Å². The fourth-order valence-electron chi connectivity index (χ4n) is 8.16. The number of aliphatic hydroxyl groups is 3. The molecule has 12 nitrogen and oxygen atoms in total. The van der Waals surface area contributed by atoms with Gasteiger partial charge in [0.25, 0.3) is 11.7 Å². The Balaban J connectivity index is 1.65. The molecule has 0 aromatic carbocycles. The number of hydrogen-bond acceptors (Lipinski definition) is 11. The summed E-state index contributed by atoms with van der Waals surface area (Å²) in [6.45, 7) is 8.83. The van der Waals surface area contributed by atoms with Gasteiger partial charge in [0.1, 0.15) is 25.0 Å². The number of carbonyl (C=O) groups excluding carboxylic acids is 5. The first-order valence-electron chi connectivity index (χ1n) is 21.1. The van der Waals surface area contributed by atoms with Crippen molar-refractivity contribution in [3.63, 3.8) is 0 Å². The minimum Gasteiger partial charge on any atom is -0.461 e. The van der Waals surface area contributed by atoms with E-state index < -0.39 is 54.2 Å². The normalized spacial score (nSPS) is 28.5. The van der Waals surface area contributed by atoms with Gasteiger partial charge in [0.15, 0.2) is 5.78 Å². The lowest BCUT2D eigenvalue weighted by atomic mass is 9.84. The van der Waals surface area contributed by atoms with Crippen LogP contribution in [0, 0.1) is 23.7 Å². The first-order valence-corrected chi connectivity index (χ1v) is 21.1. The topological polar surface area (TPSA) is 177 Å². The number of nitrogens with zero attached hydrogens (tertiary/aromatic N) is 1. The summed E-state index contributed by atoms with van der Waals surface area (Å²) in [6, 6.07) is -0.993. The van der Waals surface area contributed by atoms with Crippen LogP contribution in [0.25, 0.3) is 0 Å². The lowest BCUT2D eigenvalue weighted by molar-refractivity contribution is -0.265. The average molecular weight is 800 g/mol. The number of ether oxygens (including phenoxy) is 3. The van der Waals surface area contributed by atoms with E-state index in [1.165, 1.54) is 4.90 Å². The van der Waals surface area contributed by atoms with Gasteiger partial charge in [-0.1, -0.05) is 57.2 Å². The molecule has 12 heteroatoms. The van der Waals surface area contributed by atoms with Crippen molar-refractivity contribution in [1.29, 1.82) is 0 Å². The van der Waals surface area contributed by atoms with E-state index in [2.05, 4.69) is 0 Å². The zero-order valence-electron chi connectivity index (χ0n) is 35.1. The molecular weight excluding hydrogens is 730 g/mol. The molecule has 0 bridgehead atoms. The predicted molar refractivity (Wildman–Crippen MR) is 217 cm³/mol. The third kappa shape index (κ3) is 14.8. The predicted octanol–water partition coefficient (Wildman–Crippen LogP) is 5.91. The molecule has 0 aromatic rings. The van der Waals surface area contributed by atoms with E-state index in [-0.39, 0.29) is 36.4 Å². The number of hydrogen-bond donors (Lipinski definition) is 3. The van der Waals surface area contributed by atoms with Gasteiger partial charge in [0.2, 0.25) is 5.79 Å². The molecule has 1 saturated carbocycles. The van der Waals surface area contributed by atoms with E-state index in [1.54, 1.807) is 27.0 Å². The van der Waals surface area contributed by atoms with Crippen molar-refractivity contribution in [3.8, 4) is 0 Å². The third-order valence-electron chi connectivity index (χ3n) is 12.1. The highest BCUT2D eigenvalue weighted by Crippen LogP contribution is 2.37. The minimum absolute atomic E-state index is 0.156. The molecule has 3 N–H and O–H groups in total. The smallest absolute Gasteiger partial charge is 0.329 e. The first kappa shape index (κ1) is 48.1. The summed E-state index contributed by atoms with van der Waals surface area (Å²) in [5.41, 5.74) is 1.42. The summed E-state index contributed by atoms with van der Waals surface area (Å²) in [5, 5.41) is 30.8. The molecule has 0 spiro atoms. The lowest BCUT2D eigenvalue weighted by Gasteiger charge is -2.42. The molecule has 0 aromatic heterocycles. The van der Waals surface area contributed by atoms with Crippen LogP contribution in [0.4, 0.5) is 0 Å². The van der Waals surface area contributed by atoms with Crippen LogP contribution >= 0.6 is 0 Å². The van der Waals surface area contributed by atoms with Crippen LogP contribution in [0.2, 0.25) is 0 Å². The third-order valence-corrected chi connectivity index (χ3v) is 12.1. The highest BCUT2D eigenvalue weighted by molar-refractivity contribution is 6.39. The Bertz CT molecular complexity index is 1460. The van der Waals surface area contributed by atoms with Gasteiger partial charge >= 0.3 is 5.97 Å². The minimum atomic E-state index is -2.38. The van der Waals surface area contributed by atoms with Gasteiger partial charge in [0.05, 0.1) is 18.3 Å². The molecule has 2 saturated heterocycles. The summed E-state index contributed by atoms with van der Waals surface area (Å²) < 4.78 is 17.9. The Morgan fingerprint density at radius 2 is 1.70 bits per heavy atom. The van der Waals surface area contributed by atoms with Crippen molar-refractivity contribution in [2.75, 3.05) is 20.3 Å². The van der Waals surface area contributed by atoms with Crippen molar-refractivity contribution in [1.82, 2.24) is 4.90 Å². The number of methoxy groups -OCH3 is 1. The van der Waals surface area contributed by atoms with E-state index in [0.29, 0.717) is 69.3 Å². The summed E-state index contributed by atoms with van der Waals surface area (Å²) in [6.07, 6.45) is 18.9. The molecule has 1 amide bonds. The number of aliphatic hydroxyl groups excluding tert-OH is 2. The van der Waals surface area contributed by atoms with Gasteiger partial charge in [-0.05, 0) is 114 Å². The molecular formula is C45H69NO11. The Hall–Kier alpha value is -3.29. The number of piperidine rings is 1. The molecule has 8 atom stereocenters. The molecule has 2 aliphatic heterocycles. The Kier molecular flexibility index (Phi) is 20.2. The van der Waals surface area contributed by atoms with Crippen molar-refractivity contribution in [3.05, 3.63) is 47.6 Å². The highest BCUT2D eigenvalue weighted by Gasteiger charge is 2.53. The molecule has 3 aliphatic rings. The van der Waals surface area contributed by atoms with Crippen LogP contribution in [-0.2, 0) is 38.2 Å². The molecule has 1 aliphatic carbocycles. The molecule has 3 fully saturated rings. The first-order chi connectivity index (χ1) is 27.1. The monoisotopic (exact) mass is 799 g/mol. The van der Waals surface area contributed by atoms with E-state index in [9.17, 15) is 34.2 Å². The second kappa shape index (κ2) is 24.0. The molecule has 2 heterocycles. The van der Waals surface area contributed by atoms with Crippen molar-refractivity contribution in [2.24, 2.45) is 23.7 Å². The summed E-state index contributed by atoms with van der Waals surface area (Å²) in [5.74, 6) is -5.54. The van der Waals surface area contributed by atoms with Crippen molar-refractivity contribution >= 4 is 29.7 Å². The van der Waals surface area contributed by atoms with Crippen LogP contribution in [0.5, 0.6) is 0 Å². The van der Waals surface area contributed by atoms with Crippen molar-refractivity contribution in [2.45, 2.75) is 161 Å². The highest BCUT2D eigenvalue weighted by atomic mass is 16.6. The van der Waals surface area contributed by atoms with Crippen molar-refractivity contribution < 1.29 is 53.5 Å². The Labute approximate surface area is 339 Å². The second-order valence-electron chi connectivity index (χ2n) is 16.7. The fourth-order valence-corrected chi connectivity index (χ4v) is 8.16. The van der Waals surface area contributed by atoms with Gasteiger partial charge in [-0.2, -0.15) is 0 Å². The summed E-state index contributed by atoms with van der Waals surface area (Å²) in [7, 11) is 1.58. The maximum Gasteiger partial charge on any atom is 0.329 e. The number of Topliss-reactive ketones (excluding diaryl/α,β-unsaturated/α-hetero) is 2. The lowest BCUT2D eigenvalue weighted by Crippen LogP contribution is -2.60. The van der Waals surface area contributed by atoms with E-state index in [4.69, 9.17) is 19.3 Å². The molecule has 3 rings (SSSR count). The standard InChI is InChI=1S/C45H69NO11/c1-30(26-33(4)40(50)29-48)12-8-7-9-13-32(3)41(55-6)27-38-23-16-34(5)45(54,57-38)42(51)43(52)46-25-11-10-14-39(46)44(53)56-37(22-15-31(2)28-47)24-19-35-17-20-36(49)21-18-35/h7-9,12-13,15,28,30,33-39,41,48-49,54H,10-11,14,16-27,29H2,1-6H3/b9-7+,12-8+,31-15+,32-13+/t30-,33-,34-,35?,36?,37+,38+,39+,41+,45-/m1/s1. The number of aldehydes is 1. The van der Waals surface area contributed by atoms with Gasteiger partial charge < -0.3 is 34.4 Å². The number of allylic oxidation sites excluding steroid dienone is 6. The van der Waals surface area contributed by atoms with Crippen LogP contribution in [0.1, 0.15) is 125 Å². The molecule has 57 heavy (non-hydrogen) atoms. The molecule has 320 valence electrons. The quantitative estimate of drug-likeness (QED) is 0.0414. The Morgan fingerprint density at radius 1 is 0.982 bits per heavy atom. The number of ketones is 2. The van der Waals surface area contributed by atoms with E-state index >= 15 is 0 Å². The fraction of sp³-hybridized carbons (Fsp3) is 0.711. The van der Waals surface area contributed by atoms with Crippen LogP contribution in [0.3, 0.4) is 0 Å².